The van der Waals surface area contributed by atoms with Crippen molar-refractivity contribution in [1.29, 1.82) is 0 Å². The number of unbranched alkanes of at least 4 members (excludes halogenated alkanes) is 5. The van der Waals surface area contributed by atoms with Gasteiger partial charge in [-0.3, -0.25) is 9.59 Å². The number of ether oxygens (including phenoxy) is 1. The Balaban J connectivity index is 1.86. The number of rotatable bonds is 12. The topological polar surface area (TPSA) is 63.6 Å². The van der Waals surface area contributed by atoms with Crippen LogP contribution in [0.4, 0.5) is 0 Å². The summed E-state index contributed by atoms with van der Waals surface area (Å²) in [6.45, 7) is 9.38. The van der Waals surface area contributed by atoms with Crippen molar-refractivity contribution >= 4 is 11.9 Å². The van der Waals surface area contributed by atoms with Crippen LogP contribution in [0.3, 0.4) is 0 Å². The lowest BCUT2D eigenvalue weighted by Gasteiger charge is -2.42. The van der Waals surface area contributed by atoms with Gasteiger partial charge in [0, 0.05) is 0 Å². The van der Waals surface area contributed by atoms with Crippen molar-refractivity contribution in [2.75, 3.05) is 6.61 Å². The summed E-state index contributed by atoms with van der Waals surface area (Å²) in [5.41, 5.74) is 0. The maximum Gasteiger partial charge on any atom is 0.309 e. The molecule has 4 nitrogen and oxygen atoms in total. The van der Waals surface area contributed by atoms with Crippen molar-refractivity contribution in [3.05, 3.63) is 0 Å². The molecule has 7 atom stereocenters. The average Bonchev–Trinajstić information content (AvgIpc) is 2.75. The first-order valence-electron chi connectivity index (χ1n) is 13.3. The minimum absolute atomic E-state index is 0.0458. The Labute approximate surface area is 190 Å². The van der Waals surface area contributed by atoms with E-state index in [4.69, 9.17) is 4.74 Å². The predicted octanol–water partition coefficient (Wildman–Crippen LogP) is 7.11. The number of esters is 1. The number of carboxylic acids is 1. The van der Waals surface area contributed by atoms with E-state index in [1.54, 1.807) is 0 Å². The van der Waals surface area contributed by atoms with Crippen LogP contribution < -0.4 is 0 Å². The van der Waals surface area contributed by atoms with Gasteiger partial charge in [-0.15, -0.1) is 0 Å². The van der Waals surface area contributed by atoms with Crippen LogP contribution in [-0.2, 0) is 14.3 Å². The molecule has 31 heavy (non-hydrogen) atoms. The molecule has 0 aliphatic heterocycles. The highest BCUT2D eigenvalue weighted by molar-refractivity contribution is 5.81. The molecule has 180 valence electrons. The number of hydrogen-bond donors (Lipinski definition) is 1. The van der Waals surface area contributed by atoms with Gasteiger partial charge in [-0.2, -0.15) is 0 Å². The molecule has 0 heterocycles. The molecule has 2 rings (SSSR count). The Morgan fingerprint density at radius 2 is 1.58 bits per heavy atom. The molecule has 1 N–H and O–H groups in total. The summed E-state index contributed by atoms with van der Waals surface area (Å²) in [6.07, 6.45) is 15.4. The fourth-order valence-electron chi connectivity index (χ4n) is 6.48. The second-order valence-electron chi connectivity index (χ2n) is 10.6. The smallest absolute Gasteiger partial charge is 0.309 e. The maximum absolute atomic E-state index is 12.8. The van der Waals surface area contributed by atoms with Crippen LogP contribution in [0.25, 0.3) is 0 Å². The van der Waals surface area contributed by atoms with Crippen LogP contribution in [0.2, 0.25) is 0 Å². The lowest BCUT2D eigenvalue weighted by molar-refractivity contribution is -0.163. The monoisotopic (exact) mass is 436 g/mol. The minimum atomic E-state index is -0.843. The third-order valence-electron chi connectivity index (χ3n) is 8.60. The van der Waals surface area contributed by atoms with Gasteiger partial charge in [-0.05, 0) is 61.7 Å². The van der Waals surface area contributed by atoms with E-state index in [2.05, 4.69) is 20.8 Å². The second-order valence-corrected chi connectivity index (χ2v) is 10.6. The molecule has 0 radical (unpaired) electrons. The standard InChI is InChI=1S/C27H48O4/c1-5-7-8-9-10-11-14-23-20(4)22(17-16-21(23)6-2)18-31-27(30)24-15-12-13-19(3)25(24)26(28)29/h19-25H,5-18H2,1-4H3,(H,28,29). The first-order valence-corrected chi connectivity index (χ1v) is 13.3. The molecular formula is C27H48O4. The van der Waals surface area contributed by atoms with E-state index in [1.165, 1.54) is 57.8 Å². The summed E-state index contributed by atoms with van der Waals surface area (Å²) in [4.78, 5) is 24.5. The molecule has 0 aromatic heterocycles. The van der Waals surface area contributed by atoms with Crippen LogP contribution >= 0.6 is 0 Å². The van der Waals surface area contributed by atoms with Crippen molar-refractivity contribution in [1.82, 2.24) is 0 Å². The van der Waals surface area contributed by atoms with Crippen molar-refractivity contribution in [2.45, 2.75) is 111 Å². The zero-order valence-electron chi connectivity index (χ0n) is 20.6. The molecule has 0 aromatic carbocycles. The third kappa shape index (κ3) is 7.49. The number of carbonyl (C=O) groups is 2. The van der Waals surface area contributed by atoms with Crippen LogP contribution in [0.15, 0.2) is 0 Å². The van der Waals surface area contributed by atoms with Crippen molar-refractivity contribution in [3.63, 3.8) is 0 Å². The van der Waals surface area contributed by atoms with Gasteiger partial charge in [0.15, 0.2) is 0 Å². The van der Waals surface area contributed by atoms with E-state index in [1.807, 2.05) is 6.92 Å². The number of hydrogen-bond acceptors (Lipinski definition) is 3. The highest BCUT2D eigenvalue weighted by atomic mass is 16.5. The van der Waals surface area contributed by atoms with E-state index >= 15 is 0 Å². The highest BCUT2D eigenvalue weighted by Crippen LogP contribution is 2.43. The zero-order valence-corrected chi connectivity index (χ0v) is 20.6. The molecule has 7 unspecified atom stereocenters. The molecule has 2 aliphatic rings. The van der Waals surface area contributed by atoms with Crippen LogP contribution in [0, 0.1) is 41.4 Å². The largest absolute Gasteiger partial charge is 0.481 e. The zero-order chi connectivity index (χ0) is 22.8. The van der Waals surface area contributed by atoms with E-state index in [0.29, 0.717) is 24.9 Å². The number of aliphatic carboxylic acids is 1. The van der Waals surface area contributed by atoms with E-state index in [0.717, 1.165) is 31.1 Å². The van der Waals surface area contributed by atoms with E-state index < -0.39 is 17.8 Å². The summed E-state index contributed by atoms with van der Waals surface area (Å²) < 4.78 is 5.81. The summed E-state index contributed by atoms with van der Waals surface area (Å²) in [7, 11) is 0. The molecule has 0 amide bonds. The van der Waals surface area contributed by atoms with E-state index in [-0.39, 0.29) is 11.9 Å². The lowest BCUT2D eigenvalue weighted by Crippen LogP contribution is -2.40. The summed E-state index contributed by atoms with van der Waals surface area (Å²) >= 11 is 0. The molecule has 0 aromatic rings. The third-order valence-corrected chi connectivity index (χ3v) is 8.60. The van der Waals surface area contributed by atoms with Gasteiger partial charge >= 0.3 is 11.9 Å². The molecule has 0 saturated heterocycles. The first kappa shape index (κ1) is 26.2. The fraction of sp³-hybridized carbons (Fsp3) is 0.926. The summed E-state index contributed by atoms with van der Waals surface area (Å²) in [5.74, 6) is 0.398. The molecule has 4 heteroatoms. The van der Waals surface area contributed by atoms with Crippen LogP contribution in [0.1, 0.15) is 111 Å². The molecular weight excluding hydrogens is 388 g/mol. The van der Waals surface area contributed by atoms with Gasteiger partial charge < -0.3 is 9.84 Å². The number of carbonyl (C=O) groups excluding carboxylic acids is 1. The quantitative estimate of drug-likeness (QED) is 0.262. The predicted molar refractivity (Wildman–Crippen MR) is 126 cm³/mol. The van der Waals surface area contributed by atoms with Crippen LogP contribution in [0.5, 0.6) is 0 Å². The van der Waals surface area contributed by atoms with Gasteiger partial charge in [0.25, 0.3) is 0 Å². The van der Waals surface area contributed by atoms with E-state index in [9.17, 15) is 14.7 Å². The molecule has 0 bridgehead atoms. The SMILES string of the molecule is CCCCCCCCC1C(CC)CCC(COC(=O)C2CCCC(C)C2C(=O)O)C1C. The van der Waals surface area contributed by atoms with Gasteiger partial charge in [-0.1, -0.05) is 79.1 Å². The Morgan fingerprint density at radius 1 is 0.903 bits per heavy atom. The van der Waals surface area contributed by atoms with Gasteiger partial charge in [0.05, 0.1) is 18.4 Å². The van der Waals surface area contributed by atoms with Gasteiger partial charge in [-0.25, -0.2) is 0 Å². The Kier molecular flexibility index (Phi) is 11.4. The maximum atomic E-state index is 12.8. The highest BCUT2D eigenvalue weighted by Gasteiger charge is 2.42. The molecule has 2 fully saturated rings. The van der Waals surface area contributed by atoms with Crippen molar-refractivity contribution < 1.29 is 19.4 Å². The number of carboxylic acid groups (broad SMARTS) is 1. The summed E-state index contributed by atoms with van der Waals surface area (Å²) in [5, 5.41) is 9.62. The van der Waals surface area contributed by atoms with Crippen molar-refractivity contribution in [2.24, 2.45) is 41.4 Å². The summed E-state index contributed by atoms with van der Waals surface area (Å²) in [6, 6.07) is 0. The minimum Gasteiger partial charge on any atom is -0.481 e. The lowest BCUT2D eigenvalue weighted by atomic mass is 9.65. The fourth-order valence-corrected chi connectivity index (χ4v) is 6.48. The van der Waals surface area contributed by atoms with Crippen LogP contribution in [-0.4, -0.2) is 23.7 Å². The Bertz CT molecular complexity index is 545. The van der Waals surface area contributed by atoms with Gasteiger partial charge in [0.2, 0.25) is 0 Å². The van der Waals surface area contributed by atoms with Gasteiger partial charge in [0.1, 0.15) is 0 Å². The molecule has 2 aliphatic carbocycles. The second kappa shape index (κ2) is 13.5. The molecule has 2 saturated carbocycles. The Hall–Kier alpha value is -1.06. The molecule has 0 spiro atoms. The first-order chi connectivity index (χ1) is 14.9. The average molecular weight is 437 g/mol. The van der Waals surface area contributed by atoms with Crippen molar-refractivity contribution in [3.8, 4) is 0 Å². The normalized spacial score (nSPS) is 33.7. The Morgan fingerprint density at radius 3 is 2.26 bits per heavy atom.